The van der Waals surface area contributed by atoms with Crippen molar-refractivity contribution in [2.24, 2.45) is 0 Å². The predicted molar refractivity (Wildman–Crippen MR) is 106 cm³/mol. The van der Waals surface area contributed by atoms with Crippen LogP contribution in [0.3, 0.4) is 0 Å². The van der Waals surface area contributed by atoms with Gasteiger partial charge in [-0.2, -0.15) is 0 Å². The fourth-order valence-corrected chi connectivity index (χ4v) is 4.64. The Hall–Kier alpha value is -1.86. The van der Waals surface area contributed by atoms with Gasteiger partial charge < -0.3 is 4.90 Å². The molecule has 0 aliphatic carbocycles. The summed E-state index contributed by atoms with van der Waals surface area (Å²) in [7, 11) is 0. The van der Waals surface area contributed by atoms with Crippen LogP contribution in [0.15, 0.2) is 34.2 Å². The molecule has 1 aliphatic heterocycles. The van der Waals surface area contributed by atoms with Crippen LogP contribution in [0.2, 0.25) is 0 Å². The molecule has 0 atom stereocenters. The minimum atomic E-state index is 0.0206. The number of aryl methyl sites for hydroxylation is 1. The van der Waals surface area contributed by atoms with E-state index in [4.69, 9.17) is 0 Å². The fourth-order valence-electron chi connectivity index (χ4n) is 3.70. The highest BCUT2D eigenvalue weighted by molar-refractivity contribution is 7.99. The summed E-state index contributed by atoms with van der Waals surface area (Å²) in [5.74, 6) is 1.64. The first kappa shape index (κ1) is 17.5. The number of piperidine rings is 1. The van der Waals surface area contributed by atoms with Crippen molar-refractivity contribution >= 4 is 28.4 Å². The van der Waals surface area contributed by atoms with E-state index in [1.807, 2.05) is 28.7 Å². The normalized spacial score (nSPS) is 15.9. The number of hydrogen-bond acceptors (Lipinski definition) is 5. The van der Waals surface area contributed by atoms with Gasteiger partial charge in [0.15, 0.2) is 5.16 Å². The van der Waals surface area contributed by atoms with Crippen LogP contribution in [-0.2, 0) is 6.54 Å². The molecule has 3 aromatic rings. The van der Waals surface area contributed by atoms with Gasteiger partial charge in [-0.15, -0.1) is 10.2 Å². The van der Waals surface area contributed by atoms with Gasteiger partial charge in [-0.05, 0) is 44.5 Å². The average Bonchev–Trinajstić information content (AvgIpc) is 3.10. The van der Waals surface area contributed by atoms with E-state index in [1.165, 1.54) is 32.4 Å². The van der Waals surface area contributed by atoms with Crippen LogP contribution in [0.1, 0.15) is 32.6 Å². The summed E-state index contributed by atoms with van der Waals surface area (Å²) >= 11 is 1.73. The maximum Gasteiger partial charge on any atom is 0.262 e. The van der Waals surface area contributed by atoms with Crippen LogP contribution < -0.4 is 5.56 Å². The Morgan fingerprint density at radius 2 is 1.88 bits per heavy atom. The summed E-state index contributed by atoms with van der Waals surface area (Å²) in [6.07, 6.45) is 4.87. The minimum absolute atomic E-state index is 0.0206. The largest absolute Gasteiger partial charge is 0.303 e. The molecule has 1 saturated heterocycles. The Balaban J connectivity index is 1.68. The molecule has 4 rings (SSSR count). The zero-order valence-electron chi connectivity index (χ0n) is 15.2. The second-order valence-electron chi connectivity index (χ2n) is 6.84. The fraction of sp³-hybridized carbons (Fsp3) is 0.526. The summed E-state index contributed by atoms with van der Waals surface area (Å²) in [6.45, 7) is 6.22. The lowest BCUT2D eigenvalue weighted by Crippen LogP contribution is -2.31. The average molecular weight is 372 g/mol. The third kappa shape index (κ3) is 3.25. The van der Waals surface area contributed by atoms with Crippen molar-refractivity contribution in [1.29, 1.82) is 0 Å². The minimum Gasteiger partial charge on any atom is -0.303 e. The second kappa shape index (κ2) is 7.80. The monoisotopic (exact) mass is 371 g/mol. The van der Waals surface area contributed by atoms with Crippen LogP contribution in [-0.4, -0.2) is 49.5 Å². The first-order valence-electron chi connectivity index (χ1n) is 9.51. The molecule has 138 valence electrons. The van der Waals surface area contributed by atoms with Crippen molar-refractivity contribution in [3.63, 3.8) is 0 Å². The van der Waals surface area contributed by atoms with Gasteiger partial charge in [-0.3, -0.25) is 13.8 Å². The summed E-state index contributed by atoms with van der Waals surface area (Å²) in [5, 5.41) is 10.4. The van der Waals surface area contributed by atoms with Crippen LogP contribution in [0.4, 0.5) is 0 Å². The van der Waals surface area contributed by atoms with E-state index in [0.29, 0.717) is 12.3 Å². The van der Waals surface area contributed by atoms with Crippen molar-refractivity contribution in [1.82, 2.24) is 24.1 Å². The Bertz CT molecular complexity index is 958. The van der Waals surface area contributed by atoms with Crippen molar-refractivity contribution in [3.8, 4) is 0 Å². The molecule has 2 aromatic heterocycles. The van der Waals surface area contributed by atoms with E-state index in [1.54, 1.807) is 16.3 Å². The summed E-state index contributed by atoms with van der Waals surface area (Å²) in [4.78, 5) is 15.4. The number of hydrogen-bond donors (Lipinski definition) is 0. The molecule has 1 aliphatic rings. The van der Waals surface area contributed by atoms with Gasteiger partial charge in [0.2, 0.25) is 5.78 Å². The second-order valence-corrected chi connectivity index (χ2v) is 7.90. The molecule has 1 aromatic carbocycles. The lowest BCUT2D eigenvalue weighted by atomic mass is 10.1. The molecule has 0 N–H and O–H groups in total. The van der Waals surface area contributed by atoms with Gasteiger partial charge in [0.1, 0.15) is 0 Å². The summed E-state index contributed by atoms with van der Waals surface area (Å²) in [5.41, 5.74) is 0.914. The highest BCUT2D eigenvalue weighted by Crippen LogP contribution is 2.22. The van der Waals surface area contributed by atoms with Crippen LogP contribution >= 0.6 is 11.8 Å². The van der Waals surface area contributed by atoms with Crippen LogP contribution in [0, 0.1) is 0 Å². The quantitative estimate of drug-likeness (QED) is 0.624. The Morgan fingerprint density at radius 1 is 1.08 bits per heavy atom. The van der Waals surface area contributed by atoms with Gasteiger partial charge >= 0.3 is 0 Å². The Labute approximate surface area is 157 Å². The summed E-state index contributed by atoms with van der Waals surface area (Å²) in [6, 6.07) is 7.76. The number of likely N-dealkylation sites (tertiary alicyclic amines) is 1. The summed E-state index contributed by atoms with van der Waals surface area (Å²) < 4.78 is 3.80. The molecule has 0 amide bonds. The maximum absolute atomic E-state index is 12.8. The molecule has 0 bridgehead atoms. The number of para-hydroxylation sites is 1. The molecule has 6 nitrogen and oxygen atoms in total. The maximum atomic E-state index is 12.8. The molecular weight excluding hydrogens is 346 g/mol. The van der Waals surface area contributed by atoms with Gasteiger partial charge in [-0.25, -0.2) is 0 Å². The van der Waals surface area contributed by atoms with E-state index in [2.05, 4.69) is 22.0 Å². The molecule has 1 fully saturated rings. The van der Waals surface area contributed by atoms with Crippen molar-refractivity contribution in [3.05, 3.63) is 34.6 Å². The molecule has 0 radical (unpaired) electrons. The Kier molecular flexibility index (Phi) is 5.26. The van der Waals surface area contributed by atoms with E-state index in [9.17, 15) is 4.79 Å². The lowest BCUT2D eigenvalue weighted by Gasteiger charge is -2.25. The van der Waals surface area contributed by atoms with Gasteiger partial charge in [0.25, 0.3) is 5.56 Å². The molecule has 3 heterocycles. The van der Waals surface area contributed by atoms with Crippen molar-refractivity contribution in [2.45, 2.75) is 44.3 Å². The van der Waals surface area contributed by atoms with E-state index in [0.717, 1.165) is 34.8 Å². The molecule has 26 heavy (non-hydrogen) atoms. The van der Waals surface area contributed by atoms with Crippen LogP contribution in [0.25, 0.3) is 16.7 Å². The van der Waals surface area contributed by atoms with Gasteiger partial charge in [0.05, 0.1) is 10.9 Å². The number of rotatable bonds is 6. The van der Waals surface area contributed by atoms with Crippen LogP contribution in [0.5, 0.6) is 0 Å². The van der Waals surface area contributed by atoms with Crippen molar-refractivity contribution in [2.75, 3.05) is 25.4 Å². The van der Waals surface area contributed by atoms with E-state index < -0.39 is 0 Å². The van der Waals surface area contributed by atoms with Gasteiger partial charge in [-0.1, -0.05) is 37.2 Å². The molecule has 0 saturated carbocycles. The first-order valence-corrected chi connectivity index (χ1v) is 10.5. The van der Waals surface area contributed by atoms with E-state index in [-0.39, 0.29) is 5.56 Å². The third-order valence-electron chi connectivity index (χ3n) is 5.01. The highest BCUT2D eigenvalue weighted by Gasteiger charge is 2.17. The third-order valence-corrected chi connectivity index (χ3v) is 5.92. The number of fused-ring (bicyclic) bond motifs is 3. The Morgan fingerprint density at radius 3 is 2.69 bits per heavy atom. The predicted octanol–water partition coefficient (Wildman–Crippen LogP) is 3.03. The molecule has 0 unspecified atom stereocenters. The number of thioether (sulfide) groups is 1. The zero-order chi connectivity index (χ0) is 17.9. The first-order chi connectivity index (χ1) is 12.8. The van der Waals surface area contributed by atoms with Gasteiger partial charge in [0, 0.05) is 18.8 Å². The smallest absolute Gasteiger partial charge is 0.262 e. The zero-order valence-corrected chi connectivity index (χ0v) is 16.0. The lowest BCUT2D eigenvalue weighted by molar-refractivity contribution is 0.242. The SMILES string of the molecule is CCCn1c(=O)c2ccccc2n2c(SCCN3CCCCC3)nnc12. The topological polar surface area (TPSA) is 55.4 Å². The molecule has 0 spiro atoms. The van der Waals surface area contributed by atoms with Crippen molar-refractivity contribution < 1.29 is 0 Å². The highest BCUT2D eigenvalue weighted by atomic mass is 32.2. The molecule has 7 heteroatoms. The van der Waals surface area contributed by atoms with E-state index >= 15 is 0 Å². The molecular formula is C19H25N5OS. The number of nitrogens with zero attached hydrogens (tertiary/aromatic N) is 5. The number of aromatic nitrogens is 4. The standard InChI is InChI=1S/C19H25N5OS/c1-2-10-23-17(25)15-8-4-5-9-16(15)24-18(23)20-21-19(24)26-14-13-22-11-6-3-7-12-22/h4-5,8-9H,2-3,6-7,10-14H2,1H3. The number of benzene rings is 1.